The van der Waals surface area contributed by atoms with Gasteiger partial charge in [-0.3, -0.25) is 0 Å². The van der Waals surface area contributed by atoms with Gasteiger partial charge in [-0.2, -0.15) is 0 Å². The van der Waals surface area contributed by atoms with Gasteiger partial charge in [-0.05, 0) is 18.9 Å². The molecule has 1 aliphatic rings. The lowest BCUT2D eigenvalue weighted by molar-refractivity contribution is 0.314. The fourth-order valence-electron chi connectivity index (χ4n) is 2.02. The summed E-state index contributed by atoms with van der Waals surface area (Å²) in [5.74, 6) is 0.408. The first kappa shape index (κ1) is 11.4. The topological polar surface area (TPSA) is 47.3 Å². The van der Waals surface area contributed by atoms with Crippen molar-refractivity contribution in [1.82, 2.24) is 5.32 Å². The van der Waals surface area contributed by atoms with Gasteiger partial charge in [0.25, 0.3) is 0 Å². The highest BCUT2D eigenvalue weighted by Gasteiger charge is 2.19. The molecule has 1 aromatic rings. The van der Waals surface area contributed by atoms with Crippen LogP contribution in [0, 0.1) is 5.82 Å². The summed E-state index contributed by atoms with van der Waals surface area (Å²) < 4.78 is 18.6. The van der Waals surface area contributed by atoms with Crippen molar-refractivity contribution in [1.29, 1.82) is 0 Å². The first-order chi connectivity index (χ1) is 7.81. The highest BCUT2D eigenvalue weighted by atomic mass is 19.1. The van der Waals surface area contributed by atoms with E-state index in [1.54, 1.807) is 6.07 Å². The predicted octanol–water partition coefficient (Wildman–Crippen LogP) is 1.59. The number of rotatable bonds is 3. The lowest BCUT2D eigenvalue weighted by Gasteiger charge is -2.17. The Hall–Kier alpha value is -1.13. The number of benzene rings is 1. The van der Waals surface area contributed by atoms with Crippen LogP contribution in [0.25, 0.3) is 0 Å². The molecular weight excluding hydrogens is 207 g/mol. The van der Waals surface area contributed by atoms with Crippen LogP contribution in [-0.4, -0.2) is 19.7 Å². The molecule has 0 spiro atoms. The maximum atomic E-state index is 13.1. The summed E-state index contributed by atoms with van der Waals surface area (Å²) in [6.07, 6.45) is 1.97. The Morgan fingerprint density at radius 1 is 1.50 bits per heavy atom. The van der Waals surface area contributed by atoms with E-state index in [1.165, 1.54) is 12.1 Å². The van der Waals surface area contributed by atoms with Crippen molar-refractivity contribution in [3.8, 4) is 5.75 Å². The lowest BCUT2D eigenvalue weighted by atomic mass is 10.0. The van der Waals surface area contributed by atoms with Crippen LogP contribution in [0.15, 0.2) is 18.2 Å². The van der Waals surface area contributed by atoms with Gasteiger partial charge in [0, 0.05) is 30.8 Å². The molecule has 2 rings (SSSR count). The molecule has 1 unspecified atom stereocenters. The molecule has 0 saturated heterocycles. The van der Waals surface area contributed by atoms with Crippen molar-refractivity contribution < 1.29 is 9.13 Å². The normalized spacial score (nSPS) is 19.8. The molecule has 1 aromatic carbocycles. The molecule has 16 heavy (non-hydrogen) atoms. The molecule has 0 saturated carbocycles. The monoisotopic (exact) mass is 224 g/mol. The molecule has 0 radical (unpaired) electrons. The van der Waals surface area contributed by atoms with Crippen molar-refractivity contribution >= 4 is 0 Å². The third-order valence-corrected chi connectivity index (χ3v) is 2.78. The van der Waals surface area contributed by atoms with Crippen molar-refractivity contribution in [2.24, 2.45) is 5.73 Å². The smallest absolute Gasteiger partial charge is 0.126 e. The lowest BCUT2D eigenvalue weighted by Crippen LogP contribution is -2.27. The zero-order chi connectivity index (χ0) is 11.4. The second kappa shape index (κ2) is 5.27. The van der Waals surface area contributed by atoms with Gasteiger partial charge < -0.3 is 15.8 Å². The van der Waals surface area contributed by atoms with Crippen molar-refractivity contribution in [2.75, 3.05) is 19.7 Å². The van der Waals surface area contributed by atoms with Gasteiger partial charge >= 0.3 is 0 Å². The first-order valence-corrected chi connectivity index (χ1v) is 5.67. The first-order valence-electron chi connectivity index (χ1n) is 5.67. The molecule has 0 aliphatic carbocycles. The summed E-state index contributed by atoms with van der Waals surface area (Å²) in [5, 5.41) is 3.36. The Labute approximate surface area is 94.8 Å². The zero-order valence-corrected chi connectivity index (χ0v) is 9.21. The minimum absolute atomic E-state index is 0.224. The van der Waals surface area contributed by atoms with E-state index in [9.17, 15) is 4.39 Å². The van der Waals surface area contributed by atoms with Crippen LogP contribution in [0.2, 0.25) is 0 Å². The van der Waals surface area contributed by atoms with E-state index in [0.717, 1.165) is 24.9 Å². The minimum Gasteiger partial charge on any atom is -0.493 e. The van der Waals surface area contributed by atoms with Crippen LogP contribution < -0.4 is 15.8 Å². The van der Waals surface area contributed by atoms with Crippen LogP contribution in [0.3, 0.4) is 0 Å². The number of nitrogens with two attached hydrogens (primary N) is 1. The second-order valence-corrected chi connectivity index (χ2v) is 3.97. The van der Waals surface area contributed by atoms with E-state index in [-0.39, 0.29) is 11.9 Å². The maximum Gasteiger partial charge on any atom is 0.126 e. The van der Waals surface area contributed by atoms with E-state index >= 15 is 0 Å². The average molecular weight is 224 g/mol. The van der Waals surface area contributed by atoms with E-state index in [4.69, 9.17) is 10.5 Å². The quantitative estimate of drug-likeness (QED) is 0.819. The fourth-order valence-corrected chi connectivity index (χ4v) is 2.02. The largest absolute Gasteiger partial charge is 0.493 e. The Morgan fingerprint density at radius 3 is 3.19 bits per heavy atom. The Kier molecular flexibility index (Phi) is 3.74. The Morgan fingerprint density at radius 2 is 2.38 bits per heavy atom. The number of halogens is 1. The van der Waals surface area contributed by atoms with Crippen LogP contribution in [-0.2, 0) is 0 Å². The van der Waals surface area contributed by atoms with Crippen molar-refractivity contribution in [3.05, 3.63) is 29.6 Å². The van der Waals surface area contributed by atoms with E-state index in [0.29, 0.717) is 18.9 Å². The van der Waals surface area contributed by atoms with Gasteiger partial charge in [-0.15, -0.1) is 0 Å². The third-order valence-electron chi connectivity index (χ3n) is 2.78. The summed E-state index contributed by atoms with van der Waals surface area (Å²) in [6, 6.07) is 4.95. The van der Waals surface area contributed by atoms with Crippen LogP contribution in [0.4, 0.5) is 4.39 Å². The Balaban J connectivity index is 2.22. The van der Waals surface area contributed by atoms with Gasteiger partial charge in [0.2, 0.25) is 0 Å². The highest BCUT2D eigenvalue weighted by Crippen LogP contribution is 2.31. The molecule has 3 nitrogen and oxygen atoms in total. The molecule has 1 heterocycles. The molecule has 4 heteroatoms. The maximum absolute atomic E-state index is 13.1. The summed E-state index contributed by atoms with van der Waals surface area (Å²) in [5.41, 5.74) is 6.51. The summed E-state index contributed by atoms with van der Waals surface area (Å²) in [6.45, 7) is 2.02. The number of nitrogens with one attached hydrogen (secondary N) is 1. The van der Waals surface area contributed by atoms with Crippen LogP contribution >= 0.6 is 0 Å². The standard InChI is InChI=1S/C12H17FN2O/c13-9-3-4-10-11(15-6-5-14)2-1-7-16-12(10)8-9/h3-4,8,11,15H,1-2,5-7,14H2. The summed E-state index contributed by atoms with van der Waals surface area (Å²) in [7, 11) is 0. The zero-order valence-electron chi connectivity index (χ0n) is 9.21. The van der Waals surface area contributed by atoms with Gasteiger partial charge in [0.1, 0.15) is 11.6 Å². The van der Waals surface area contributed by atoms with Gasteiger partial charge in [-0.25, -0.2) is 4.39 Å². The van der Waals surface area contributed by atoms with Gasteiger partial charge in [-0.1, -0.05) is 6.07 Å². The van der Waals surface area contributed by atoms with Crippen molar-refractivity contribution in [2.45, 2.75) is 18.9 Å². The van der Waals surface area contributed by atoms with Crippen LogP contribution in [0.1, 0.15) is 24.4 Å². The molecule has 88 valence electrons. The number of hydrogen-bond acceptors (Lipinski definition) is 3. The second-order valence-electron chi connectivity index (χ2n) is 3.97. The molecule has 0 aromatic heterocycles. The molecule has 3 N–H and O–H groups in total. The van der Waals surface area contributed by atoms with Gasteiger partial charge in [0.15, 0.2) is 0 Å². The summed E-state index contributed by atoms with van der Waals surface area (Å²) >= 11 is 0. The van der Waals surface area contributed by atoms with E-state index < -0.39 is 0 Å². The minimum atomic E-state index is -0.252. The molecule has 0 fully saturated rings. The molecule has 1 atom stereocenters. The van der Waals surface area contributed by atoms with Gasteiger partial charge in [0.05, 0.1) is 6.61 Å². The molecule has 0 bridgehead atoms. The number of ether oxygens (including phenoxy) is 1. The average Bonchev–Trinajstić information content (AvgIpc) is 2.48. The van der Waals surface area contributed by atoms with E-state index in [1.807, 2.05) is 0 Å². The molecule has 1 aliphatic heterocycles. The number of hydrogen-bond donors (Lipinski definition) is 2. The Bertz CT molecular complexity index is 357. The summed E-state index contributed by atoms with van der Waals surface area (Å²) in [4.78, 5) is 0. The highest BCUT2D eigenvalue weighted by molar-refractivity contribution is 5.37. The fraction of sp³-hybridized carbons (Fsp3) is 0.500. The SMILES string of the molecule is NCCNC1CCCOc2cc(F)ccc21. The predicted molar refractivity (Wildman–Crippen MR) is 60.9 cm³/mol. The van der Waals surface area contributed by atoms with Crippen LogP contribution in [0.5, 0.6) is 5.75 Å². The third kappa shape index (κ3) is 2.51. The van der Waals surface area contributed by atoms with E-state index in [2.05, 4.69) is 5.32 Å². The molecular formula is C12H17FN2O. The number of fused-ring (bicyclic) bond motifs is 1. The van der Waals surface area contributed by atoms with Crippen molar-refractivity contribution in [3.63, 3.8) is 0 Å². The molecule has 0 amide bonds.